The lowest BCUT2D eigenvalue weighted by Gasteiger charge is -2.34. The number of benzene rings is 1. The molecule has 3 atom stereocenters. The second-order valence-corrected chi connectivity index (χ2v) is 10.9. The first-order valence-electron chi connectivity index (χ1n) is 11.3. The Morgan fingerprint density at radius 1 is 1.10 bits per heavy atom. The van der Waals surface area contributed by atoms with E-state index in [-0.39, 0.29) is 29.0 Å². The molecule has 1 aliphatic heterocycles. The van der Waals surface area contributed by atoms with Crippen molar-refractivity contribution in [1.82, 2.24) is 9.62 Å². The number of nitrogens with zero attached hydrogens (tertiary/aromatic N) is 1. The van der Waals surface area contributed by atoms with Crippen LogP contribution in [-0.4, -0.2) is 50.3 Å². The molecule has 1 amide bonds. The Kier molecular flexibility index (Phi) is 7.75. The molecule has 1 aliphatic carbocycles. The molecular formula is C23H34N2O5S. The van der Waals surface area contributed by atoms with Gasteiger partial charge >= 0.3 is 5.97 Å². The van der Waals surface area contributed by atoms with Crippen molar-refractivity contribution in [2.45, 2.75) is 70.2 Å². The minimum absolute atomic E-state index is 0.0932. The number of aryl methyl sites for hydroxylation is 1. The van der Waals surface area contributed by atoms with Crippen molar-refractivity contribution >= 4 is 21.9 Å². The molecule has 0 spiro atoms. The van der Waals surface area contributed by atoms with Gasteiger partial charge in [-0.25, -0.2) is 13.2 Å². The maximum atomic E-state index is 13.0. The first kappa shape index (κ1) is 23.7. The molecular weight excluding hydrogens is 416 g/mol. The van der Waals surface area contributed by atoms with Gasteiger partial charge in [0.2, 0.25) is 10.0 Å². The van der Waals surface area contributed by atoms with Gasteiger partial charge in [0.15, 0.2) is 6.61 Å². The molecule has 1 heterocycles. The van der Waals surface area contributed by atoms with Gasteiger partial charge in [0.25, 0.3) is 5.91 Å². The van der Waals surface area contributed by atoms with Crippen molar-refractivity contribution in [3.8, 4) is 0 Å². The number of esters is 1. The van der Waals surface area contributed by atoms with Crippen LogP contribution in [0.25, 0.3) is 0 Å². The second kappa shape index (κ2) is 10.1. The van der Waals surface area contributed by atoms with E-state index in [0.717, 1.165) is 32.1 Å². The third kappa shape index (κ3) is 5.66. The first-order valence-corrected chi connectivity index (χ1v) is 12.7. The first-order chi connectivity index (χ1) is 14.7. The molecule has 31 heavy (non-hydrogen) atoms. The van der Waals surface area contributed by atoms with Gasteiger partial charge in [0.1, 0.15) is 0 Å². The van der Waals surface area contributed by atoms with Crippen molar-refractivity contribution in [2.75, 3.05) is 19.7 Å². The van der Waals surface area contributed by atoms with Gasteiger partial charge in [-0.1, -0.05) is 39.2 Å². The maximum absolute atomic E-state index is 13.0. The lowest BCUT2D eigenvalue weighted by Crippen LogP contribution is -2.45. The molecule has 0 radical (unpaired) electrons. The van der Waals surface area contributed by atoms with Crippen LogP contribution < -0.4 is 5.32 Å². The Bertz CT molecular complexity index is 909. The van der Waals surface area contributed by atoms with Gasteiger partial charge in [0, 0.05) is 19.1 Å². The third-order valence-corrected chi connectivity index (χ3v) is 8.78. The number of carbonyl (C=O) groups is 2. The number of piperidine rings is 1. The molecule has 1 saturated carbocycles. The van der Waals surface area contributed by atoms with Crippen molar-refractivity contribution in [2.24, 2.45) is 11.8 Å². The highest BCUT2D eigenvalue weighted by molar-refractivity contribution is 7.89. The molecule has 0 aromatic heterocycles. The number of hydrogen-bond acceptors (Lipinski definition) is 5. The molecule has 1 aromatic rings. The zero-order valence-electron chi connectivity index (χ0n) is 18.7. The number of sulfonamides is 1. The summed E-state index contributed by atoms with van der Waals surface area (Å²) in [5, 5.41) is 2.97. The van der Waals surface area contributed by atoms with Crippen LogP contribution in [0.4, 0.5) is 0 Å². The summed E-state index contributed by atoms with van der Waals surface area (Å²) in [5.74, 6) is -0.0923. The molecule has 1 N–H and O–H groups in total. The molecule has 0 unspecified atom stereocenters. The number of ether oxygens (including phenoxy) is 1. The Hall–Kier alpha value is -1.93. The summed E-state index contributed by atoms with van der Waals surface area (Å²) in [7, 11) is -3.66. The van der Waals surface area contributed by atoms with Gasteiger partial charge < -0.3 is 10.1 Å². The highest BCUT2D eigenvalue weighted by Crippen LogP contribution is 2.29. The summed E-state index contributed by atoms with van der Waals surface area (Å²) >= 11 is 0. The highest BCUT2D eigenvalue weighted by atomic mass is 32.2. The predicted molar refractivity (Wildman–Crippen MR) is 118 cm³/mol. The Balaban J connectivity index is 1.63. The summed E-state index contributed by atoms with van der Waals surface area (Å²) in [6.07, 6.45) is 5.88. The zero-order chi connectivity index (χ0) is 22.6. The standard InChI is InChI=1S/C23H34N2O5S/c1-16-8-7-9-20(18(16)3)24-22(26)15-30-23(27)19-11-10-17(2)21(14-19)31(28,29)25-12-5-4-6-13-25/h10-11,14,16,18,20H,4-9,12-13,15H2,1-3H3,(H,24,26)/t16-,18-,20+/m1/s1. The molecule has 172 valence electrons. The van der Waals surface area contributed by atoms with E-state index < -0.39 is 16.0 Å². The fourth-order valence-corrected chi connectivity index (χ4v) is 6.27. The number of carbonyl (C=O) groups excluding carboxylic acids is 2. The summed E-state index contributed by atoms with van der Waals surface area (Å²) in [6, 6.07) is 4.61. The average molecular weight is 451 g/mol. The van der Waals surface area contributed by atoms with E-state index in [9.17, 15) is 18.0 Å². The van der Waals surface area contributed by atoms with Crippen LogP contribution in [0.5, 0.6) is 0 Å². The van der Waals surface area contributed by atoms with E-state index >= 15 is 0 Å². The van der Waals surface area contributed by atoms with Crippen LogP contribution in [0, 0.1) is 18.8 Å². The predicted octanol–water partition coefficient (Wildman–Crippen LogP) is 3.27. The minimum Gasteiger partial charge on any atom is -0.452 e. The quantitative estimate of drug-likeness (QED) is 0.672. The largest absolute Gasteiger partial charge is 0.452 e. The number of rotatable bonds is 6. The molecule has 0 bridgehead atoms. The lowest BCUT2D eigenvalue weighted by atomic mass is 9.78. The van der Waals surface area contributed by atoms with Crippen molar-refractivity contribution in [3.05, 3.63) is 29.3 Å². The summed E-state index contributed by atoms with van der Waals surface area (Å²) in [6.45, 7) is 6.65. The van der Waals surface area contributed by atoms with E-state index in [1.165, 1.54) is 22.9 Å². The fraction of sp³-hybridized carbons (Fsp3) is 0.652. The number of nitrogens with one attached hydrogen (secondary N) is 1. The monoisotopic (exact) mass is 450 g/mol. The third-order valence-electron chi connectivity index (χ3n) is 6.74. The van der Waals surface area contributed by atoms with Crippen LogP contribution >= 0.6 is 0 Å². The van der Waals surface area contributed by atoms with E-state index in [2.05, 4.69) is 19.2 Å². The highest BCUT2D eigenvalue weighted by Gasteiger charge is 2.30. The van der Waals surface area contributed by atoms with Crippen LogP contribution in [0.15, 0.2) is 23.1 Å². The number of amides is 1. The fourth-order valence-electron chi connectivity index (χ4n) is 4.50. The molecule has 2 fully saturated rings. The van der Waals surface area contributed by atoms with Gasteiger partial charge in [0.05, 0.1) is 10.5 Å². The van der Waals surface area contributed by atoms with Crippen LogP contribution in [0.1, 0.15) is 68.3 Å². The van der Waals surface area contributed by atoms with E-state index in [1.54, 1.807) is 13.0 Å². The van der Waals surface area contributed by atoms with Crippen molar-refractivity contribution in [1.29, 1.82) is 0 Å². The van der Waals surface area contributed by atoms with Gasteiger partial charge in [-0.3, -0.25) is 4.79 Å². The van der Waals surface area contributed by atoms with Crippen molar-refractivity contribution < 1.29 is 22.7 Å². The Labute approximate surface area is 185 Å². The average Bonchev–Trinajstić information content (AvgIpc) is 2.76. The van der Waals surface area contributed by atoms with Gasteiger partial charge in [-0.2, -0.15) is 4.31 Å². The van der Waals surface area contributed by atoms with Gasteiger partial charge in [-0.15, -0.1) is 0 Å². The zero-order valence-corrected chi connectivity index (χ0v) is 19.5. The maximum Gasteiger partial charge on any atom is 0.338 e. The molecule has 1 aromatic carbocycles. The smallest absolute Gasteiger partial charge is 0.338 e. The Morgan fingerprint density at radius 2 is 1.81 bits per heavy atom. The summed E-state index contributed by atoms with van der Waals surface area (Å²) in [5.41, 5.74) is 0.717. The SMILES string of the molecule is Cc1ccc(C(=O)OCC(=O)N[C@H]2CCC[C@@H](C)[C@H]2C)cc1S(=O)(=O)N1CCCCC1. The second-order valence-electron chi connectivity index (χ2n) is 8.96. The molecule has 3 rings (SSSR count). The van der Waals surface area contributed by atoms with Gasteiger partial charge in [-0.05, 0) is 55.7 Å². The summed E-state index contributed by atoms with van der Waals surface area (Å²) in [4.78, 5) is 24.9. The van der Waals surface area contributed by atoms with Crippen LogP contribution in [0.2, 0.25) is 0 Å². The molecule has 8 heteroatoms. The van der Waals surface area contributed by atoms with E-state index in [0.29, 0.717) is 30.5 Å². The van der Waals surface area contributed by atoms with E-state index in [4.69, 9.17) is 4.74 Å². The topological polar surface area (TPSA) is 92.8 Å². The molecule has 2 aliphatic rings. The molecule has 1 saturated heterocycles. The Morgan fingerprint density at radius 3 is 2.52 bits per heavy atom. The minimum atomic E-state index is -3.66. The number of hydrogen-bond donors (Lipinski definition) is 1. The normalized spacial score (nSPS) is 25.1. The van der Waals surface area contributed by atoms with Crippen LogP contribution in [-0.2, 0) is 19.6 Å². The van der Waals surface area contributed by atoms with E-state index in [1.807, 2.05) is 0 Å². The molecule has 7 nitrogen and oxygen atoms in total. The summed E-state index contributed by atoms with van der Waals surface area (Å²) < 4.78 is 32.7. The van der Waals surface area contributed by atoms with Crippen molar-refractivity contribution in [3.63, 3.8) is 0 Å². The lowest BCUT2D eigenvalue weighted by molar-refractivity contribution is -0.125. The van der Waals surface area contributed by atoms with Crippen LogP contribution in [0.3, 0.4) is 0 Å².